The smallest absolute Gasteiger partial charge is 0.258 e. The van der Waals surface area contributed by atoms with Crippen LogP contribution in [0.4, 0.5) is 0 Å². The molecule has 0 spiro atoms. The minimum Gasteiger partial charge on any atom is -0.484 e. The first-order valence-corrected chi connectivity index (χ1v) is 6.49. The first kappa shape index (κ1) is 15.9. The zero-order valence-corrected chi connectivity index (χ0v) is 12.0. The lowest BCUT2D eigenvalue weighted by atomic mass is 10.2. The molecule has 0 radical (unpaired) electrons. The Morgan fingerprint density at radius 2 is 1.85 bits per heavy atom. The first-order valence-electron chi connectivity index (χ1n) is 6.09. The van der Waals surface area contributed by atoms with Gasteiger partial charge in [0.05, 0.1) is 6.54 Å². The summed E-state index contributed by atoms with van der Waals surface area (Å²) < 4.78 is 5.27. The van der Waals surface area contributed by atoms with Crippen LogP contribution in [0.5, 0.6) is 5.75 Å². The Morgan fingerprint density at radius 3 is 2.40 bits per heavy atom. The second kappa shape index (κ2) is 8.11. The average Bonchev–Trinajstić information content (AvgIpc) is 2.43. The molecule has 1 aromatic rings. The highest BCUT2D eigenvalue weighted by molar-refractivity contribution is 7.80. The van der Waals surface area contributed by atoms with Crippen molar-refractivity contribution in [1.29, 1.82) is 0 Å². The molecular weight excluding hydrogens is 278 g/mol. The number of amides is 2. The Labute approximate surface area is 122 Å². The number of likely N-dealkylation sites (N-methyl/N-ethyl adjacent to an activating group) is 1. The molecule has 7 heteroatoms. The van der Waals surface area contributed by atoms with Gasteiger partial charge in [0.15, 0.2) is 6.61 Å². The number of hydrogen-bond donors (Lipinski definition) is 3. The summed E-state index contributed by atoms with van der Waals surface area (Å²) in [4.78, 5) is 22.9. The van der Waals surface area contributed by atoms with E-state index in [1.807, 2.05) is 0 Å². The van der Waals surface area contributed by atoms with Gasteiger partial charge in [-0.2, -0.15) is 0 Å². The van der Waals surface area contributed by atoms with Crippen LogP contribution in [-0.4, -0.2) is 36.5 Å². The Bertz CT molecular complexity index is 488. The molecule has 0 fully saturated rings. The van der Waals surface area contributed by atoms with Crippen LogP contribution in [-0.2, 0) is 9.59 Å². The summed E-state index contributed by atoms with van der Waals surface area (Å²) in [6.07, 6.45) is 0. The molecule has 6 nitrogen and oxygen atoms in total. The lowest BCUT2D eigenvalue weighted by Crippen LogP contribution is -2.38. The summed E-state index contributed by atoms with van der Waals surface area (Å²) in [5.41, 5.74) is 6.20. The second-order valence-corrected chi connectivity index (χ2v) is 4.35. The fraction of sp³-hybridized carbons (Fsp3) is 0.308. The van der Waals surface area contributed by atoms with Crippen molar-refractivity contribution in [2.24, 2.45) is 5.73 Å². The van der Waals surface area contributed by atoms with Crippen LogP contribution in [0.1, 0.15) is 12.5 Å². The number of benzene rings is 1. The highest BCUT2D eigenvalue weighted by Gasteiger charge is 2.05. The predicted octanol–water partition coefficient (Wildman–Crippen LogP) is -0.0481. The van der Waals surface area contributed by atoms with Crippen LogP contribution in [0.2, 0.25) is 0 Å². The van der Waals surface area contributed by atoms with Crippen LogP contribution in [0.3, 0.4) is 0 Å². The summed E-state index contributed by atoms with van der Waals surface area (Å²) >= 11 is 4.83. The summed E-state index contributed by atoms with van der Waals surface area (Å²) in [6.45, 7) is 2.11. The van der Waals surface area contributed by atoms with E-state index in [4.69, 9.17) is 22.7 Å². The van der Waals surface area contributed by atoms with E-state index in [9.17, 15) is 9.59 Å². The normalized spacial score (nSPS) is 9.65. The Balaban J connectivity index is 2.33. The fourth-order valence-corrected chi connectivity index (χ4v) is 1.49. The van der Waals surface area contributed by atoms with Crippen molar-refractivity contribution in [3.63, 3.8) is 0 Å². The Hall–Kier alpha value is -2.15. The zero-order valence-electron chi connectivity index (χ0n) is 11.1. The van der Waals surface area contributed by atoms with Crippen molar-refractivity contribution in [1.82, 2.24) is 10.6 Å². The Morgan fingerprint density at radius 1 is 1.20 bits per heavy atom. The van der Waals surface area contributed by atoms with Gasteiger partial charge in [0, 0.05) is 12.1 Å². The minimum absolute atomic E-state index is 0.0591. The van der Waals surface area contributed by atoms with Gasteiger partial charge in [-0.3, -0.25) is 9.59 Å². The molecule has 2 amide bonds. The third kappa shape index (κ3) is 5.66. The maximum absolute atomic E-state index is 11.4. The molecule has 0 aliphatic rings. The predicted molar refractivity (Wildman–Crippen MR) is 79.5 cm³/mol. The number of thiocarbonyl (C=S) groups is 1. The van der Waals surface area contributed by atoms with Crippen molar-refractivity contribution >= 4 is 29.0 Å². The van der Waals surface area contributed by atoms with E-state index >= 15 is 0 Å². The van der Waals surface area contributed by atoms with Gasteiger partial charge in [-0.1, -0.05) is 12.2 Å². The molecule has 0 aliphatic heterocycles. The van der Waals surface area contributed by atoms with Crippen LogP contribution >= 0.6 is 12.2 Å². The molecular formula is C13H17N3O3S. The van der Waals surface area contributed by atoms with Gasteiger partial charge in [0.2, 0.25) is 5.91 Å². The third-order valence-electron chi connectivity index (χ3n) is 2.33. The largest absolute Gasteiger partial charge is 0.484 e. The van der Waals surface area contributed by atoms with Gasteiger partial charge >= 0.3 is 0 Å². The molecule has 1 aromatic carbocycles. The summed E-state index contributed by atoms with van der Waals surface area (Å²) in [6, 6.07) is 6.77. The van der Waals surface area contributed by atoms with Gasteiger partial charge in [-0.05, 0) is 31.2 Å². The molecule has 0 heterocycles. The molecule has 108 valence electrons. The quantitative estimate of drug-likeness (QED) is 0.613. The van der Waals surface area contributed by atoms with E-state index in [0.29, 0.717) is 17.3 Å². The monoisotopic (exact) mass is 295 g/mol. The van der Waals surface area contributed by atoms with Crippen molar-refractivity contribution in [2.45, 2.75) is 6.92 Å². The molecule has 0 aromatic heterocycles. The van der Waals surface area contributed by atoms with E-state index in [1.54, 1.807) is 31.2 Å². The highest BCUT2D eigenvalue weighted by atomic mass is 32.1. The highest BCUT2D eigenvalue weighted by Crippen LogP contribution is 2.11. The zero-order chi connectivity index (χ0) is 15.0. The molecule has 1 rings (SSSR count). The fourth-order valence-electron chi connectivity index (χ4n) is 1.35. The third-order valence-corrected chi connectivity index (χ3v) is 2.56. The first-order chi connectivity index (χ1) is 9.52. The second-order valence-electron chi connectivity index (χ2n) is 3.91. The maximum Gasteiger partial charge on any atom is 0.258 e. The molecule has 4 N–H and O–H groups in total. The van der Waals surface area contributed by atoms with Crippen molar-refractivity contribution in [3.8, 4) is 5.75 Å². The summed E-state index contributed by atoms with van der Waals surface area (Å²) in [5, 5.41) is 5.02. The van der Waals surface area contributed by atoms with Gasteiger partial charge in [0.25, 0.3) is 5.91 Å². The number of nitrogens with one attached hydrogen (secondary N) is 2. The molecule has 20 heavy (non-hydrogen) atoms. The average molecular weight is 295 g/mol. The van der Waals surface area contributed by atoms with Crippen molar-refractivity contribution < 1.29 is 14.3 Å². The van der Waals surface area contributed by atoms with E-state index in [0.717, 1.165) is 5.56 Å². The van der Waals surface area contributed by atoms with Gasteiger partial charge < -0.3 is 21.1 Å². The van der Waals surface area contributed by atoms with E-state index in [-0.39, 0.29) is 25.0 Å². The molecule has 0 aliphatic carbocycles. The van der Waals surface area contributed by atoms with Crippen LogP contribution in [0.25, 0.3) is 0 Å². The number of nitrogens with two attached hydrogens (primary N) is 1. The number of hydrogen-bond acceptors (Lipinski definition) is 4. The van der Waals surface area contributed by atoms with Crippen molar-refractivity contribution in [3.05, 3.63) is 29.8 Å². The van der Waals surface area contributed by atoms with Gasteiger partial charge in [-0.15, -0.1) is 0 Å². The molecule has 0 bridgehead atoms. The van der Waals surface area contributed by atoms with E-state index in [1.165, 1.54) is 0 Å². The van der Waals surface area contributed by atoms with Gasteiger partial charge in [0.1, 0.15) is 10.7 Å². The number of carbonyl (C=O) groups excluding carboxylic acids is 2. The number of rotatable bonds is 7. The van der Waals surface area contributed by atoms with Crippen LogP contribution in [0.15, 0.2) is 24.3 Å². The lowest BCUT2D eigenvalue weighted by molar-refractivity contribution is -0.127. The lowest BCUT2D eigenvalue weighted by Gasteiger charge is -2.08. The van der Waals surface area contributed by atoms with E-state index < -0.39 is 0 Å². The van der Waals surface area contributed by atoms with Crippen LogP contribution in [0, 0.1) is 0 Å². The summed E-state index contributed by atoms with van der Waals surface area (Å²) in [7, 11) is 0. The maximum atomic E-state index is 11.4. The molecule has 0 atom stereocenters. The van der Waals surface area contributed by atoms with Crippen molar-refractivity contribution in [2.75, 3.05) is 19.7 Å². The van der Waals surface area contributed by atoms with Gasteiger partial charge in [-0.25, -0.2) is 0 Å². The molecule has 0 saturated carbocycles. The standard InChI is InChI=1S/C13H17N3O3S/c1-2-15-11(17)7-16-12(18)8-19-10-5-3-9(4-6-10)13(14)20/h3-6H,2,7-8H2,1H3,(H2,14,20)(H,15,17)(H,16,18). The Kier molecular flexibility index (Phi) is 6.45. The van der Waals surface area contributed by atoms with Crippen LogP contribution < -0.4 is 21.1 Å². The minimum atomic E-state index is -0.366. The molecule has 0 unspecified atom stereocenters. The molecule has 0 saturated heterocycles. The number of carbonyl (C=O) groups is 2. The van der Waals surface area contributed by atoms with E-state index in [2.05, 4.69) is 10.6 Å². The number of ether oxygens (including phenoxy) is 1. The topological polar surface area (TPSA) is 93.5 Å². The summed E-state index contributed by atoms with van der Waals surface area (Å²) in [5.74, 6) is -0.0745. The SMILES string of the molecule is CCNC(=O)CNC(=O)COc1ccc(C(N)=S)cc1.